The summed E-state index contributed by atoms with van der Waals surface area (Å²) in [6.45, 7) is 0.231. The third-order valence-corrected chi connectivity index (χ3v) is 5.90. The minimum Gasteiger partial charge on any atom is -0.488 e. The maximum absolute atomic E-state index is 13.1. The molecule has 0 heterocycles. The van der Waals surface area contributed by atoms with Gasteiger partial charge in [0.15, 0.2) is 0 Å². The first-order chi connectivity index (χ1) is 15.0. The second-order valence-corrected chi connectivity index (χ2v) is 8.44. The van der Waals surface area contributed by atoms with Gasteiger partial charge < -0.3 is 4.74 Å². The van der Waals surface area contributed by atoms with E-state index in [1.165, 1.54) is 30.5 Å². The second kappa shape index (κ2) is 8.97. The van der Waals surface area contributed by atoms with Crippen molar-refractivity contribution in [2.75, 3.05) is 0 Å². The molecule has 0 saturated carbocycles. The average molecular weight is 434 g/mol. The fourth-order valence-corrected chi connectivity index (χ4v) is 3.90. The summed E-state index contributed by atoms with van der Waals surface area (Å²) in [6, 6.07) is 25.4. The zero-order chi connectivity index (χ0) is 21.7. The van der Waals surface area contributed by atoms with E-state index in [9.17, 15) is 12.8 Å². The predicted molar refractivity (Wildman–Crippen MR) is 119 cm³/mol. The van der Waals surface area contributed by atoms with E-state index >= 15 is 0 Å². The van der Waals surface area contributed by atoms with E-state index in [0.29, 0.717) is 11.3 Å². The normalized spacial score (nSPS) is 11.6. The Morgan fingerprint density at radius 2 is 1.58 bits per heavy atom. The largest absolute Gasteiger partial charge is 0.488 e. The molecule has 4 aromatic rings. The van der Waals surface area contributed by atoms with Crippen molar-refractivity contribution in [2.45, 2.75) is 11.5 Å². The molecule has 1 N–H and O–H groups in total. The molecule has 0 aliphatic carbocycles. The summed E-state index contributed by atoms with van der Waals surface area (Å²) in [5.74, 6) is 0.221. The van der Waals surface area contributed by atoms with Crippen molar-refractivity contribution < 1.29 is 17.5 Å². The van der Waals surface area contributed by atoms with Gasteiger partial charge in [0, 0.05) is 5.56 Å². The first-order valence-corrected chi connectivity index (χ1v) is 11.0. The van der Waals surface area contributed by atoms with E-state index in [1.54, 1.807) is 36.4 Å². The highest BCUT2D eigenvalue weighted by Gasteiger charge is 2.12. The molecule has 156 valence electrons. The SMILES string of the molecule is O=S(=O)(N/N=C\c1c(OCc2ccc(F)cc2)ccc2ccccc12)c1ccccc1. The Labute approximate surface area is 179 Å². The average Bonchev–Trinajstić information content (AvgIpc) is 2.80. The topological polar surface area (TPSA) is 67.8 Å². The second-order valence-electron chi connectivity index (χ2n) is 6.78. The molecule has 0 aliphatic heterocycles. The van der Waals surface area contributed by atoms with E-state index in [2.05, 4.69) is 9.93 Å². The van der Waals surface area contributed by atoms with E-state index in [1.807, 2.05) is 30.3 Å². The number of ether oxygens (including phenoxy) is 1. The van der Waals surface area contributed by atoms with Gasteiger partial charge in [-0.2, -0.15) is 13.5 Å². The van der Waals surface area contributed by atoms with Crippen molar-refractivity contribution >= 4 is 27.0 Å². The van der Waals surface area contributed by atoms with Gasteiger partial charge in [0.25, 0.3) is 10.0 Å². The number of hydrazone groups is 1. The molecule has 0 unspecified atom stereocenters. The Hall–Kier alpha value is -3.71. The van der Waals surface area contributed by atoms with E-state index in [0.717, 1.165) is 16.3 Å². The van der Waals surface area contributed by atoms with Gasteiger partial charge in [0.2, 0.25) is 0 Å². The molecule has 0 atom stereocenters. The molecule has 7 heteroatoms. The number of nitrogens with zero attached hydrogens (tertiary/aromatic N) is 1. The van der Waals surface area contributed by atoms with Gasteiger partial charge in [-0.05, 0) is 46.7 Å². The van der Waals surface area contributed by atoms with Crippen LogP contribution < -0.4 is 9.57 Å². The number of fused-ring (bicyclic) bond motifs is 1. The quantitative estimate of drug-likeness (QED) is 0.333. The number of benzene rings is 4. The minimum atomic E-state index is -3.78. The van der Waals surface area contributed by atoms with Gasteiger partial charge >= 0.3 is 0 Å². The Morgan fingerprint density at radius 1 is 0.871 bits per heavy atom. The summed E-state index contributed by atoms with van der Waals surface area (Å²) in [7, 11) is -3.78. The van der Waals surface area contributed by atoms with Gasteiger partial charge in [0.05, 0.1) is 11.1 Å². The maximum atomic E-state index is 13.1. The van der Waals surface area contributed by atoms with Crippen molar-refractivity contribution in [1.82, 2.24) is 4.83 Å². The number of hydrogen-bond donors (Lipinski definition) is 1. The highest BCUT2D eigenvalue weighted by Crippen LogP contribution is 2.27. The van der Waals surface area contributed by atoms with Gasteiger partial charge in [0.1, 0.15) is 18.2 Å². The van der Waals surface area contributed by atoms with Crippen molar-refractivity contribution in [1.29, 1.82) is 0 Å². The number of hydrogen-bond acceptors (Lipinski definition) is 4. The monoisotopic (exact) mass is 434 g/mol. The smallest absolute Gasteiger partial charge is 0.276 e. The lowest BCUT2D eigenvalue weighted by Gasteiger charge is -2.12. The molecule has 0 amide bonds. The maximum Gasteiger partial charge on any atom is 0.276 e. The fourth-order valence-electron chi connectivity index (χ4n) is 3.09. The van der Waals surface area contributed by atoms with Crippen LogP contribution in [0.25, 0.3) is 10.8 Å². The van der Waals surface area contributed by atoms with Crippen LogP contribution in [-0.4, -0.2) is 14.6 Å². The summed E-state index contributed by atoms with van der Waals surface area (Å²) in [4.78, 5) is 2.36. The molecular formula is C24H19FN2O3S. The van der Waals surface area contributed by atoms with Crippen LogP contribution in [0.15, 0.2) is 101 Å². The minimum absolute atomic E-state index is 0.123. The van der Waals surface area contributed by atoms with Crippen molar-refractivity contribution in [2.24, 2.45) is 5.10 Å². The molecule has 0 aromatic heterocycles. The highest BCUT2D eigenvalue weighted by atomic mass is 32.2. The van der Waals surface area contributed by atoms with Gasteiger partial charge in [-0.3, -0.25) is 0 Å². The summed E-state index contributed by atoms with van der Waals surface area (Å²) >= 11 is 0. The number of rotatable bonds is 7. The van der Waals surface area contributed by atoms with E-state index < -0.39 is 10.0 Å². The standard InChI is InChI=1S/C24H19FN2O3S/c25-20-13-10-18(11-14-20)17-30-24-15-12-19-6-4-5-9-22(19)23(24)16-26-27-31(28,29)21-7-2-1-3-8-21/h1-16,27H,17H2/b26-16-. The molecule has 4 rings (SSSR count). The van der Waals surface area contributed by atoms with Crippen LogP contribution in [0, 0.1) is 5.82 Å². The van der Waals surface area contributed by atoms with Crippen molar-refractivity contribution in [3.63, 3.8) is 0 Å². The Bertz CT molecular complexity index is 1320. The molecule has 5 nitrogen and oxygen atoms in total. The lowest BCUT2D eigenvalue weighted by molar-refractivity contribution is 0.306. The van der Waals surface area contributed by atoms with Crippen LogP contribution in [0.5, 0.6) is 5.75 Å². The van der Waals surface area contributed by atoms with Crippen LogP contribution in [0.1, 0.15) is 11.1 Å². The lowest BCUT2D eigenvalue weighted by atomic mass is 10.0. The van der Waals surface area contributed by atoms with Crippen LogP contribution in [-0.2, 0) is 16.6 Å². The van der Waals surface area contributed by atoms with E-state index in [4.69, 9.17) is 4.74 Å². The molecule has 0 aliphatic rings. The Morgan fingerprint density at radius 3 is 2.35 bits per heavy atom. The van der Waals surface area contributed by atoms with Crippen LogP contribution in [0.3, 0.4) is 0 Å². The number of sulfonamides is 1. The van der Waals surface area contributed by atoms with Gasteiger partial charge in [-0.1, -0.05) is 60.7 Å². The Balaban J connectivity index is 1.62. The highest BCUT2D eigenvalue weighted by molar-refractivity contribution is 7.89. The molecular weight excluding hydrogens is 415 g/mol. The van der Waals surface area contributed by atoms with Gasteiger partial charge in [-0.15, -0.1) is 0 Å². The summed E-state index contributed by atoms with van der Waals surface area (Å²) in [5, 5.41) is 5.80. The van der Waals surface area contributed by atoms with Gasteiger partial charge in [-0.25, -0.2) is 9.22 Å². The summed E-state index contributed by atoms with van der Waals surface area (Å²) in [5.41, 5.74) is 1.44. The van der Waals surface area contributed by atoms with Crippen LogP contribution >= 0.6 is 0 Å². The fraction of sp³-hybridized carbons (Fsp3) is 0.0417. The first kappa shape index (κ1) is 20.6. The van der Waals surface area contributed by atoms with Crippen LogP contribution in [0.2, 0.25) is 0 Å². The molecule has 0 radical (unpaired) electrons. The molecule has 0 spiro atoms. The van der Waals surface area contributed by atoms with Crippen molar-refractivity contribution in [3.8, 4) is 5.75 Å². The molecule has 4 aromatic carbocycles. The van der Waals surface area contributed by atoms with Crippen LogP contribution in [0.4, 0.5) is 4.39 Å². The zero-order valence-electron chi connectivity index (χ0n) is 16.4. The number of halogens is 1. The zero-order valence-corrected chi connectivity index (χ0v) is 17.2. The summed E-state index contributed by atoms with van der Waals surface area (Å²) in [6.07, 6.45) is 1.43. The van der Waals surface area contributed by atoms with E-state index in [-0.39, 0.29) is 17.3 Å². The van der Waals surface area contributed by atoms with Crippen molar-refractivity contribution in [3.05, 3.63) is 108 Å². The molecule has 31 heavy (non-hydrogen) atoms. The summed E-state index contributed by atoms with van der Waals surface area (Å²) < 4.78 is 43.9. The third-order valence-electron chi connectivity index (χ3n) is 4.66. The first-order valence-electron chi connectivity index (χ1n) is 9.52. The molecule has 0 saturated heterocycles. The predicted octanol–water partition coefficient (Wildman–Crippen LogP) is 4.87. The molecule has 0 fully saturated rings. The lowest BCUT2D eigenvalue weighted by Crippen LogP contribution is -2.18. The number of nitrogens with one attached hydrogen (secondary N) is 1. The Kier molecular flexibility index (Phi) is 5.95. The third kappa shape index (κ3) is 4.90. The molecule has 0 bridgehead atoms.